The number of hydrogen-bond donors (Lipinski definition) is 2. The molecule has 1 amide bonds. The molecule has 0 spiro atoms. The molecule has 0 radical (unpaired) electrons. The van der Waals surface area contributed by atoms with Crippen LogP contribution in [0.1, 0.15) is 16.8 Å². The summed E-state index contributed by atoms with van der Waals surface area (Å²) >= 11 is 3.08. The fourth-order valence-corrected chi connectivity index (χ4v) is 1.59. The number of nitrogens with zero attached hydrogens (tertiary/aromatic N) is 1. The quantitative estimate of drug-likeness (QED) is 0.887. The zero-order valence-corrected chi connectivity index (χ0v) is 9.61. The Kier molecular flexibility index (Phi) is 4.03. The number of halogens is 1. The van der Waals surface area contributed by atoms with Gasteiger partial charge in [0.25, 0.3) is 0 Å². The molecular weight excluding hydrogens is 276 g/mol. The van der Waals surface area contributed by atoms with Gasteiger partial charge in [-0.1, -0.05) is 0 Å². The van der Waals surface area contributed by atoms with Crippen molar-refractivity contribution < 1.29 is 14.7 Å². The Morgan fingerprint density at radius 1 is 1.50 bits per heavy atom. The summed E-state index contributed by atoms with van der Waals surface area (Å²) < 4.78 is 0.370. The first-order valence-electron chi connectivity index (χ1n) is 4.24. The van der Waals surface area contributed by atoms with E-state index >= 15 is 0 Å². The topological polar surface area (TPSA) is 90.2 Å². The highest BCUT2D eigenvalue weighted by Gasteiger charge is 2.09. The highest BCUT2D eigenvalue weighted by Crippen LogP contribution is 2.21. The summed E-state index contributed by atoms with van der Waals surface area (Å²) in [6.07, 6.45) is -0.238. The second-order valence-electron chi connectivity index (χ2n) is 2.88. The summed E-state index contributed by atoms with van der Waals surface area (Å²) in [6.45, 7) is 0. The third-order valence-corrected chi connectivity index (χ3v) is 2.38. The van der Waals surface area contributed by atoms with Gasteiger partial charge >= 0.3 is 5.97 Å². The minimum Gasteiger partial charge on any atom is -0.478 e. The zero-order chi connectivity index (χ0) is 12.1. The summed E-state index contributed by atoms with van der Waals surface area (Å²) in [5, 5.41) is 19.5. The number of carbonyl (C=O) groups excluding carboxylic acids is 1. The Morgan fingerprint density at radius 2 is 2.19 bits per heavy atom. The first kappa shape index (κ1) is 12.2. The highest BCUT2D eigenvalue weighted by molar-refractivity contribution is 9.10. The number of benzene rings is 1. The van der Waals surface area contributed by atoms with Crippen molar-refractivity contribution in [3.8, 4) is 6.07 Å². The van der Waals surface area contributed by atoms with Crippen LogP contribution in [0.2, 0.25) is 0 Å². The minimum atomic E-state index is -1.05. The van der Waals surface area contributed by atoms with Crippen LogP contribution in [0.3, 0.4) is 0 Å². The highest BCUT2D eigenvalue weighted by atomic mass is 79.9. The van der Waals surface area contributed by atoms with Gasteiger partial charge in [0.15, 0.2) is 0 Å². The summed E-state index contributed by atoms with van der Waals surface area (Å²) in [5.41, 5.74) is 0.551. The van der Waals surface area contributed by atoms with Crippen LogP contribution < -0.4 is 5.32 Å². The van der Waals surface area contributed by atoms with Gasteiger partial charge in [0.2, 0.25) is 5.91 Å². The smallest absolute Gasteiger partial charge is 0.336 e. The predicted octanol–water partition coefficient (Wildman–Crippen LogP) is 2.00. The summed E-state index contributed by atoms with van der Waals surface area (Å²) in [6, 6.07) is 6.02. The largest absolute Gasteiger partial charge is 0.478 e. The minimum absolute atomic E-state index is 0.110. The molecule has 2 N–H and O–H groups in total. The molecule has 0 aliphatic heterocycles. The molecule has 1 aromatic rings. The van der Waals surface area contributed by atoms with E-state index in [0.29, 0.717) is 10.2 Å². The zero-order valence-electron chi connectivity index (χ0n) is 8.03. The van der Waals surface area contributed by atoms with Gasteiger partial charge in [-0.3, -0.25) is 4.79 Å². The van der Waals surface area contributed by atoms with Crippen LogP contribution in [-0.2, 0) is 4.79 Å². The third kappa shape index (κ3) is 3.07. The Hall–Kier alpha value is -1.87. The fourth-order valence-electron chi connectivity index (χ4n) is 1.04. The molecule has 0 fully saturated rings. The second kappa shape index (κ2) is 5.28. The van der Waals surface area contributed by atoms with Crippen LogP contribution >= 0.6 is 15.9 Å². The van der Waals surface area contributed by atoms with Gasteiger partial charge in [0, 0.05) is 10.2 Å². The number of hydrogen-bond acceptors (Lipinski definition) is 3. The van der Waals surface area contributed by atoms with Crippen LogP contribution in [0.4, 0.5) is 5.69 Å². The van der Waals surface area contributed by atoms with Gasteiger partial charge in [-0.2, -0.15) is 5.26 Å². The number of nitrogens with one attached hydrogen (secondary N) is 1. The molecule has 0 aliphatic rings. The molecule has 1 aromatic carbocycles. The van der Waals surface area contributed by atoms with Gasteiger partial charge in [0.1, 0.15) is 6.42 Å². The molecule has 1 rings (SSSR count). The lowest BCUT2D eigenvalue weighted by molar-refractivity contribution is -0.115. The molecule has 0 bridgehead atoms. The number of aromatic carboxylic acids is 1. The average Bonchev–Trinajstić information content (AvgIpc) is 2.17. The normalized spacial score (nSPS) is 9.25. The number of carbonyl (C=O) groups is 2. The maximum absolute atomic E-state index is 11.1. The number of carboxylic acid groups (broad SMARTS) is 1. The average molecular weight is 283 g/mol. The second-order valence-corrected chi connectivity index (χ2v) is 3.74. The Balaban J connectivity index is 2.86. The van der Waals surface area contributed by atoms with Crippen molar-refractivity contribution in [3.05, 3.63) is 28.2 Å². The summed E-state index contributed by atoms with van der Waals surface area (Å²) in [5.74, 6) is -1.49. The lowest BCUT2D eigenvalue weighted by atomic mass is 10.2. The van der Waals surface area contributed by atoms with Crippen LogP contribution in [0.15, 0.2) is 22.7 Å². The molecular formula is C10H7BrN2O3. The maximum atomic E-state index is 11.1. The summed E-state index contributed by atoms with van der Waals surface area (Å²) in [7, 11) is 0. The van der Waals surface area contributed by atoms with E-state index in [1.807, 2.05) is 0 Å². The summed E-state index contributed by atoms with van der Waals surface area (Å²) in [4.78, 5) is 21.8. The molecule has 82 valence electrons. The Bertz CT molecular complexity index is 479. The molecule has 6 heteroatoms. The number of rotatable bonds is 3. The predicted molar refractivity (Wildman–Crippen MR) is 60.0 cm³/mol. The van der Waals surface area contributed by atoms with E-state index in [4.69, 9.17) is 10.4 Å². The monoisotopic (exact) mass is 282 g/mol. The first-order chi connectivity index (χ1) is 7.54. The molecule has 0 unspecified atom stereocenters. The SMILES string of the molecule is N#CCC(=O)Nc1ccc(C(=O)O)c(Br)c1. The molecule has 16 heavy (non-hydrogen) atoms. The van der Waals surface area contributed by atoms with Gasteiger partial charge in [-0.05, 0) is 34.1 Å². The van der Waals surface area contributed by atoms with Gasteiger partial charge < -0.3 is 10.4 Å². The van der Waals surface area contributed by atoms with Crippen molar-refractivity contribution in [2.45, 2.75) is 6.42 Å². The Labute approximate surface area is 99.8 Å². The van der Waals surface area contributed by atoms with E-state index in [-0.39, 0.29) is 12.0 Å². The maximum Gasteiger partial charge on any atom is 0.336 e. The van der Waals surface area contributed by atoms with Gasteiger partial charge in [-0.25, -0.2) is 4.79 Å². The molecule has 0 atom stereocenters. The molecule has 0 aromatic heterocycles. The molecule has 0 saturated carbocycles. The van der Waals surface area contributed by atoms with Crippen LogP contribution in [0, 0.1) is 11.3 Å². The third-order valence-electron chi connectivity index (χ3n) is 1.72. The van der Waals surface area contributed by atoms with Crippen molar-refractivity contribution in [2.24, 2.45) is 0 Å². The number of nitriles is 1. The van der Waals surface area contributed by atoms with E-state index in [9.17, 15) is 9.59 Å². The van der Waals surface area contributed by atoms with E-state index in [1.165, 1.54) is 18.2 Å². The van der Waals surface area contributed by atoms with Gasteiger partial charge in [0.05, 0.1) is 11.6 Å². The number of amides is 1. The van der Waals surface area contributed by atoms with Crippen molar-refractivity contribution >= 4 is 33.5 Å². The lowest BCUT2D eigenvalue weighted by Crippen LogP contribution is -2.10. The molecule has 0 aliphatic carbocycles. The van der Waals surface area contributed by atoms with Crippen LogP contribution in [0.5, 0.6) is 0 Å². The van der Waals surface area contributed by atoms with E-state index in [1.54, 1.807) is 6.07 Å². The molecule has 0 saturated heterocycles. The van der Waals surface area contributed by atoms with E-state index in [0.717, 1.165) is 0 Å². The van der Waals surface area contributed by atoms with Crippen molar-refractivity contribution in [1.82, 2.24) is 0 Å². The van der Waals surface area contributed by atoms with Gasteiger partial charge in [-0.15, -0.1) is 0 Å². The first-order valence-corrected chi connectivity index (χ1v) is 5.03. The molecule has 5 nitrogen and oxygen atoms in total. The van der Waals surface area contributed by atoms with E-state index < -0.39 is 11.9 Å². The van der Waals surface area contributed by atoms with Crippen molar-refractivity contribution in [1.29, 1.82) is 5.26 Å². The van der Waals surface area contributed by atoms with Crippen LogP contribution in [0.25, 0.3) is 0 Å². The standard InChI is InChI=1S/C10H7BrN2O3/c11-8-5-6(13-9(14)3-4-12)1-2-7(8)10(15)16/h1-2,5H,3H2,(H,13,14)(H,15,16). The number of carboxylic acids is 1. The van der Waals surface area contributed by atoms with Crippen molar-refractivity contribution in [2.75, 3.05) is 5.32 Å². The fraction of sp³-hybridized carbons (Fsp3) is 0.100. The lowest BCUT2D eigenvalue weighted by Gasteiger charge is -2.05. The van der Waals surface area contributed by atoms with Crippen LogP contribution in [-0.4, -0.2) is 17.0 Å². The van der Waals surface area contributed by atoms with Crippen molar-refractivity contribution in [3.63, 3.8) is 0 Å². The molecule has 0 heterocycles. The van der Waals surface area contributed by atoms with E-state index in [2.05, 4.69) is 21.2 Å². The number of anilines is 1. The Morgan fingerprint density at radius 3 is 2.69 bits per heavy atom.